The Kier molecular flexibility index (Phi) is 17.9. The number of methoxy groups -OCH3 is 5. The molecular formula is C53H70N2O13+2. The third kappa shape index (κ3) is 11.6. The van der Waals surface area contributed by atoms with E-state index in [4.69, 9.17) is 33.2 Å². The maximum absolute atomic E-state index is 12.8. The van der Waals surface area contributed by atoms with Gasteiger partial charge in [0.2, 0.25) is 0 Å². The molecule has 4 unspecified atom stereocenters. The number of rotatable bonds is 23. The van der Waals surface area contributed by atoms with Gasteiger partial charge in [-0.1, -0.05) is 30.3 Å². The van der Waals surface area contributed by atoms with Gasteiger partial charge >= 0.3 is 11.9 Å². The minimum atomic E-state index is -0.647. The lowest BCUT2D eigenvalue weighted by molar-refractivity contribution is -0.941. The average Bonchev–Trinajstić information content (AvgIpc) is 3.36. The van der Waals surface area contributed by atoms with Gasteiger partial charge in [-0.15, -0.1) is 0 Å². The van der Waals surface area contributed by atoms with Crippen LogP contribution < -0.4 is 23.7 Å². The zero-order valence-electron chi connectivity index (χ0n) is 40.7. The van der Waals surface area contributed by atoms with Crippen LogP contribution >= 0.6 is 0 Å². The van der Waals surface area contributed by atoms with Gasteiger partial charge in [-0.25, -0.2) is 9.59 Å². The molecule has 0 saturated carbocycles. The Balaban J connectivity index is 1.06. The lowest BCUT2D eigenvalue weighted by Gasteiger charge is -2.46. The molecule has 2 aliphatic heterocycles. The summed E-state index contributed by atoms with van der Waals surface area (Å²) in [5, 5.41) is 40.4. The molecule has 2 aliphatic rings. The molecule has 4 aromatic rings. The Labute approximate surface area is 400 Å². The van der Waals surface area contributed by atoms with Crippen molar-refractivity contribution < 1.29 is 72.1 Å². The number of aliphatic hydroxyl groups is 4. The monoisotopic (exact) mass is 942 g/mol. The Bertz CT molecular complexity index is 2420. The molecule has 0 bridgehead atoms. The number of aliphatic hydroxyl groups excluding tert-OH is 4. The fourth-order valence-corrected chi connectivity index (χ4v) is 10.3. The molecule has 4 atom stereocenters. The molecule has 15 nitrogen and oxygen atoms in total. The molecule has 2 heterocycles. The molecule has 0 aromatic heterocycles. The van der Waals surface area contributed by atoms with E-state index >= 15 is 0 Å². The highest BCUT2D eigenvalue weighted by Crippen LogP contribution is 2.46. The van der Waals surface area contributed by atoms with Crippen molar-refractivity contribution in [2.75, 3.05) is 89.0 Å². The van der Waals surface area contributed by atoms with Gasteiger partial charge in [-0.05, 0) is 63.2 Å². The number of hydrogen-bond donors (Lipinski definition) is 4. The molecule has 0 fully saturated rings. The van der Waals surface area contributed by atoms with Crippen LogP contribution in [0.1, 0.15) is 80.6 Å². The van der Waals surface area contributed by atoms with Gasteiger partial charge in [0.05, 0.1) is 121 Å². The number of fused-ring (bicyclic) bond motifs is 2. The predicted molar refractivity (Wildman–Crippen MR) is 255 cm³/mol. The third-order valence-corrected chi connectivity index (χ3v) is 14.1. The van der Waals surface area contributed by atoms with Crippen LogP contribution in [0.5, 0.6) is 28.7 Å². The quantitative estimate of drug-likeness (QED) is 0.0322. The van der Waals surface area contributed by atoms with Crippen LogP contribution in [0.4, 0.5) is 0 Å². The lowest BCUT2D eigenvalue weighted by atomic mass is 9.82. The molecule has 15 heteroatoms. The van der Waals surface area contributed by atoms with E-state index in [0.717, 1.165) is 66.9 Å². The minimum Gasteiger partial charge on any atom is -0.496 e. The van der Waals surface area contributed by atoms with Gasteiger partial charge in [-0.2, -0.15) is 0 Å². The van der Waals surface area contributed by atoms with Crippen molar-refractivity contribution in [3.8, 4) is 28.7 Å². The summed E-state index contributed by atoms with van der Waals surface area (Å²) < 4.78 is 40.9. The van der Waals surface area contributed by atoms with E-state index in [-0.39, 0.29) is 51.7 Å². The van der Waals surface area contributed by atoms with Crippen LogP contribution in [-0.2, 0) is 71.2 Å². The number of carbonyl (C=O) groups is 2. The van der Waals surface area contributed by atoms with E-state index in [0.29, 0.717) is 92.2 Å². The first-order chi connectivity index (χ1) is 32.8. The van der Waals surface area contributed by atoms with Crippen molar-refractivity contribution in [3.63, 3.8) is 0 Å². The molecule has 6 rings (SSSR count). The second kappa shape index (κ2) is 23.6. The number of ether oxygens (including phenoxy) is 7. The summed E-state index contributed by atoms with van der Waals surface area (Å²) in [5.41, 5.74) is 8.90. The van der Waals surface area contributed by atoms with Crippen molar-refractivity contribution in [3.05, 3.63) is 122 Å². The normalized spacial score (nSPS) is 19.8. The first kappa shape index (κ1) is 51.7. The fourth-order valence-electron chi connectivity index (χ4n) is 10.3. The highest BCUT2D eigenvalue weighted by molar-refractivity contribution is 5.91. The van der Waals surface area contributed by atoms with Crippen molar-refractivity contribution in [2.45, 2.75) is 77.0 Å². The SMILES string of the molecule is COc1ccc(CC2c3cc(OC)c(OC)cc3CC[N+]2(C)CCCOC(=O)/C=C/C(=O)OCCC[N+]2(C)CCc3cc(CO)c(CO)c(OC)c3C2Cc2ccc(CO)c(CO)c2)cc1OC. The molecule has 4 N–H and O–H groups in total. The number of hydrogen-bond acceptors (Lipinski definition) is 13. The van der Waals surface area contributed by atoms with Crippen LogP contribution in [0.25, 0.3) is 0 Å². The number of quaternary nitrogens is 2. The second-order valence-electron chi connectivity index (χ2n) is 18.1. The van der Waals surface area contributed by atoms with Gasteiger partial charge in [-0.3, -0.25) is 0 Å². The average molecular weight is 943 g/mol. The number of benzene rings is 4. The first-order valence-electron chi connectivity index (χ1n) is 23.2. The topological polar surface area (TPSA) is 180 Å². The van der Waals surface area contributed by atoms with E-state index < -0.39 is 11.9 Å². The largest absolute Gasteiger partial charge is 0.496 e. The Morgan fingerprint density at radius 3 is 1.68 bits per heavy atom. The first-order valence-corrected chi connectivity index (χ1v) is 23.2. The predicted octanol–water partition coefficient (Wildman–Crippen LogP) is 5.39. The van der Waals surface area contributed by atoms with Crippen LogP contribution in [0.15, 0.2) is 66.7 Å². The highest BCUT2D eigenvalue weighted by Gasteiger charge is 2.43. The van der Waals surface area contributed by atoms with Gasteiger partial charge < -0.3 is 62.6 Å². The van der Waals surface area contributed by atoms with Gasteiger partial charge in [0, 0.05) is 61.8 Å². The van der Waals surface area contributed by atoms with Crippen LogP contribution in [0.3, 0.4) is 0 Å². The maximum Gasteiger partial charge on any atom is 0.331 e. The Morgan fingerprint density at radius 1 is 0.574 bits per heavy atom. The lowest BCUT2D eigenvalue weighted by Crippen LogP contribution is -2.53. The van der Waals surface area contributed by atoms with Gasteiger partial charge in [0.1, 0.15) is 17.8 Å². The van der Waals surface area contributed by atoms with Crippen molar-refractivity contribution in [1.29, 1.82) is 0 Å². The van der Waals surface area contributed by atoms with Gasteiger partial charge in [0.25, 0.3) is 0 Å². The summed E-state index contributed by atoms with van der Waals surface area (Å²) in [4.78, 5) is 25.7. The van der Waals surface area contributed by atoms with E-state index in [1.807, 2.05) is 36.4 Å². The zero-order valence-corrected chi connectivity index (χ0v) is 40.7. The van der Waals surface area contributed by atoms with E-state index in [2.05, 4.69) is 32.3 Å². The standard InChI is InChI=1S/C53H70N2O13/c1-54(20-16-37-29-48(64-5)49(65-6)30-42(37)44(54)25-36-11-13-46(62-3)47(27-36)63-4)18-8-22-67-50(60)14-15-51(61)68-23-9-19-55(2)21-17-38-28-41(33-58)43(34-59)53(66-7)52(38)45(55)26-35-10-12-39(31-56)40(24-35)32-57/h10-15,24,27-30,44-45,56-59H,8-9,16-23,25-26,31-34H2,1-7H3/q+2/b15-14+. The molecular weight excluding hydrogens is 873 g/mol. The van der Waals surface area contributed by atoms with Crippen LogP contribution in [0.2, 0.25) is 0 Å². The maximum atomic E-state index is 12.8. The third-order valence-electron chi connectivity index (χ3n) is 14.1. The second-order valence-corrected chi connectivity index (χ2v) is 18.1. The van der Waals surface area contributed by atoms with Crippen molar-refractivity contribution in [2.24, 2.45) is 0 Å². The number of esters is 2. The van der Waals surface area contributed by atoms with E-state index in [1.54, 1.807) is 35.5 Å². The Morgan fingerprint density at radius 2 is 1.10 bits per heavy atom. The molecule has 0 amide bonds. The molecule has 0 aliphatic carbocycles. The fraction of sp³-hybridized carbons (Fsp3) is 0.472. The molecule has 368 valence electrons. The van der Waals surface area contributed by atoms with Gasteiger partial charge in [0.15, 0.2) is 23.0 Å². The van der Waals surface area contributed by atoms with Crippen LogP contribution in [0, 0.1) is 0 Å². The zero-order chi connectivity index (χ0) is 49.0. The van der Waals surface area contributed by atoms with Crippen molar-refractivity contribution >= 4 is 11.9 Å². The summed E-state index contributed by atoms with van der Waals surface area (Å²) in [6, 6.07) is 17.7. The summed E-state index contributed by atoms with van der Waals surface area (Å²) in [6.07, 6.45) is 6.14. The molecule has 4 aromatic carbocycles. The van der Waals surface area contributed by atoms with Crippen LogP contribution in [-0.4, -0.2) is 130 Å². The summed E-state index contributed by atoms with van der Waals surface area (Å²) in [5.74, 6) is 1.96. The van der Waals surface area contributed by atoms with Crippen molar-refractivity contribution in [1.82, 2.24) is 0 Å². The molecule has 0 spiro atoms. The number of likely N-dealkylation sites (N-methyl/N-ethyl adjacent to an activating group) is 2. The molecule has 0 saturated heterocycles. The summed E-state index contributed by atoms with van der Waals surface area (Å²) in [7, 11) is 12.5. The number of nitrogens with zero attached hydrogens (tertiary/aromatic N) is 2. The van der Waals surface area contributed by atoms with E-state index in [9.17, 15) is 30.0 Å². The minimum absolute atomic E-state index is 0.0510. The molecule has 68 heavy (non-hydrogen) atoms. The Hall–Kier alpha value is -5.68. The smallest absolute Gasteiger partial charge is 0.331 e. The summed E-state index contributed by atoms with van der Waals surface area (Å²) in [6.45, 7) is 2.34. The molecule has 0 radical (unpaired) electrons. The highest BCUT2D eigenvalue weighted by atomic mass is 16.5. The van der Waals surface area contributed by atoms with E-state index in [1.165, 1.54) is 11.1 Å². The summed E-state index contributed by atoms with van der Waals surface area (Å²) >= 11 is 0. The number of carbonyl (C=O) groups excluding carboxylic acids is 2.